The Bertz CT molecular complexity index is 1900. The maximum atomic E-state index is 6.50. The van der Waals surface area contributed by atoms with E-state index in [1.165, 1.54) is 20.7 Å². The fourth-order valence-corrected chi connectivity index (χ4v) is 10.9. The molecule has 0 spiro atoms. The van der Waals surface area contributed by atoms with Crippen LogP contribution in [0.3, 0.4) is 0 Å². The first-order valence-electron chi connectivity index (χ1n) is 14.6. The molecular weight excluding hydrogens is 574 g/mol. The molecule has 0 aliphatic carbocycles. The molecule has 0 atom stereocenters. The van der Waals surface area contributed by atoms with Crippen LogP contribution in [0.1, 0.15) is 0 Å². The standard InChI is InChI=1S/C39H28ClN3Si/c40-39-42-37(41-38(43-39)32-17-13-16-31(28-32)29-14-5-1-6-15-29)30-24-26-36(27-25-30)44(33-18-7-2-8-19-33,34-20-9-3-10-21-34)35-22-11-4-12-23-35/h1-28H. The molecule has 0 saturated heterocycles. The van der Waals surface area contributed by atoms with Crippen molar-refractivity contribution < 1.29 is 0 Å². The van der Waals surface area contributed by atoms with Crippen LogP contribution in [0.25, 0.3) is 33.9 Å². The molecule has 3 nitrogen and oxygen atoms in total. The molecule has 7 aromatic rings. The van der Waals surface area contributed by atoms with Crippen molar-refractivity contribution >= 4 is 40.4 Å². The third-order valence-corrected chi connectivity index (χ3v) is 13.0. The van der Waals surface area contributed by atoms with Crippen LogP contribution in [0, 0.1) is 0 Å². The lowest BCUT2D eigenvalue weighted by Gasteiger charge is -2.34. The van der Waals surface area contributed by atoms with Gasteiger partial charge in [-0.2, -0.15) is 9.97 Å². The average molecular weight is 602 g/mol. The quantitative estimate of drug-likeness (QED) is 0.147. The van der Waals surface area contributed by atoms with Crippen molar-refractivity contribution in [3.8, 4) is 33.9 Å². The fourth-order valence-electron chi connectivity index (χ4n) is 6.01. The third-order valence-electron chi connectivity index (χ3n) is 8.03. The van der Waals surface area contributed by atoms with Crippen LogP contribution in [-0.4, -0.2) is 23.0 Å². The summed E-state index contributed by atoms with van der Waals surface area (Å²) in [4.78, 5) is 13.9. The van der Waals surface area contributed by atoms with Gasteiger partial charge in [-0.15, -0.1) is 0 Å². The second-order valence-corrected chi connectivity index (χ2v) is 14.8. The summed E-state index contributed by atoms with van der Waals surface area (Å²) in [5, 5.41) is 5.43. The number of halogens is 1. The predicted molar refractivity (Wildman–Crippen MR) is 185 cm³/mol. The third kappa shape index (κ3) is 5.26. The van der Waals surface area contributed by atoms with Crippen molar-refractivity contribution in [1.29, 1.82) is 0 Å². The van der Waals surface area contributed by atoms with E-state index < -0.39 is 8.07 Å². The van der Waals surface area contributed by atoms with Crippen LogP contribution >= 0.6 is 11.6 Å². The summed E-state index contributed by atoms with van der Waals surface area (Å²) in [6.07, 6.45) is 0. The van der Waals surface area contributed by atoms with Crippen LogP contribution in [0.2, 0.25) is 5.28 Å². The van der Waals surface area contributed by atoms with E-state index in [4.69, 9.17) is 16.6 Å². The van der Waals surface area contributed by atoms with Gasteiger partial charge in [0.05, 0.1) is 0 Å². The normalized spacial score (nSPS) is 11.3. The average Bonchev–Trinajstić information content (AvgIpc) is 3.11. The summed E-state index contributed by atoms with van der Waals surface area (Å²) in [6, 6.07) is 59.8. The van der Waals surface area contributed by atoms with E-state index in [1.54, 1.807) is 0 Å². The van der Waals surface area contributed by atoms with Gasteiger partial charge < -0.3 is 0 Å². The van der Waals surface area contributed by atoms with Gasteiger partial charge in [0.2, 0.25) is 5.28 Å². The summed E-state index contributed by atoms with van der Waals surface area (Å²) in [5.41, 5.74) is 4.00. The van der Waals surface area contributed by atoms with Crippen LogP contribution in [0.4, 0.5) is 0 Å². The monoisotopic (exact) mass is 601 g/mol. The van der Waals surface area contributed by atoms with E-state index in [0.29, 0.717) is 11.6 Å². The molecule has 0 unspecified atom stereocenters. The highest BCUT2D eigenvalue weighted by Gasteiger charge is 2.41. The number of hydrogen-bond donors (Lipinski definition) is 0. The summed E-state index contributed by atoms with van der Waals surface area (Å²) in [6.45, 7) is 0. The fraction of sp³-hybridized carbons (Fsp3) is 0. The van der Waals surface area contributed by atoms with Crippen LogP contribution in [0.5, 0.6) is 0 Å². The molecule has 0 aliphatic heterocycles. The number of nitrogens with zero attached hydrogens (tertiary/aromatic N) is 3. The van der Waals surface area contributed by atoms with E-state index in [1.807, 2.05) is 30.3 Å². The minimum Gasteiger partial charge on any atom is -0.208 e. The largest absolute Gasteiger partial charge is 0.226 e. The maximum absolute atomic E-state index is 6.50. The number of rotatable bonds is 7. The van der Waals surface area contributed by atoms with Crippen LogP contribution in [0.15, 0.2) is 170 Å². The molecule has 210 valence electrons. The van der Waals surface area contributed by atoms with Gasteiger partial charge in [0, 0.05) is 11.1 Å². The number of hydrogen-bond acceptors (Lipinski definition) is 3. The highest BCUT2D eigenvalue weighted by atomic mass is 35.5. The second-order valence-electron chi connectivity index (χ2n) is 10.6. The van der Waals surface area contributed by atoms with Gasteiger partial charge in [-0.1, -0.05) is 164 Å². The summed E-state index contributed by atoms with van der Waals surface area (Å²) < 4.78 is 0. The zero-order valence-electron chi connectivity index (χ0n) is 23.9. The predicted octanol–water partition coefficient (Wildman–Crippen LogP) is 6.90. The Hall–Kier alpha value is -5.16. The van der Waals surface area contributed by atoms with Gasteiger partial charge in [0.1, 0.15) is 0 Å². The number of benzene rings is 6. The Morgan fingerprint density at radius 3 is 1.27 bits per heavy atom. The first-order valence-corrected chi connectivity index (χ1v) is 16.9. The molecule has 0 saturated carbocycles. The van der Waals surface area contributed by atoms with E-state index in [2.05, 4.69) is 149 Å². The van der Waals surface area contributed by atoms with Gasteiger partial charge in [0.25, 0.3) is 0 Å². The van der Waals surface area contributed by atoms with Crippen molar-refractivity contribution in [2.45, 2.75) is 0 Å². The Labute approximate surface area is 263 Å². The topological polar surface area (TPSA) is 38.7 Å². The highest BCUT2D eigenvalue weighted by Crippen LogP contribution is 2.26. The van der Waals surface area contributed by atoms with E-state index in [0.717, 1.165) is 22.3 Å². The molecule has 0 N–H and O–H groups in total. The summed E-state index contributed by atoms with van der Waals surface area (Å²) >= 11 is 6.50. The minimum absolute atomic E-state index is 0.167. The smallest absolute Gasteiger partial charge is 0.208 e. The molecule has 0 fully saturated rings. The molecule has 5 heteroatoms. The van der Waals surface area contributed by atoms with Crippen molar-refractivity contribution in [2.24, 2.45) is 0 Å². The molecule has 0 bridgehead atoms. The molecular formula is C39H28ClN3Si. The molecule has 6 aromatic carbocycles. The number of aromatic nitrogens is 3. The summed E-state index contributed by atoms with van der Waals surface area (Å²) in [7, 11) is -2.62. The molecule has 44 heavy (non-hydrogen) atoms. The molecule has 7 rings (SSSR count). The Morgan fingerprint density at radius 1 is 0.341 bits per heavy atom. The molecule has 0 amide bonds. The zero-order valence-corrected chi connectivity index (χ0v) is 25.6. The second kappa shape index (κ2) is 12.2. The van der Waals surface area contributed by atoms with Crippen molar-refractivity contribution in [2.75, 3.05) is 0 Å². The van der Waals surface area contributed by atoms with E-state index >= 15 is 0 Å². The first-order chi connectivity index (χ1) is 21.7. The lowest BCUT2D eigenvalue weighted by Crippen LogP contribution is -2.74. The Balaban J connectivity index is 1.33. The first kappa shape index (κ1) is 27.7. The molecule has 1 heterocycles. The minimum atomic E-state index is -2.62. The van der Waals surface area contributed by atoms with Gasteiger partial charge in [-0.3, -0.25) is 0 Å². The van der Waals surface area contributed by atoms with Crippen molar-refractivity contribution in [1.82, 2.24) is 15.0 Å². The van der Waals surface area contributed by atoms with E-state index in [-0.39, 0.29) is 5.28 Å². The molecule has 0 aliphatic rings. The van der Waals surface area contributed by atoms with Gasteiger partial charge in [-0.25, -0.2) is 4.98 Å². The van der Waals surface area contributed by atoms with E-state index in [9.17, 15) is 0 Å². The SMILES string of the molecule is Clc1nc(-c2ccc([Si](c3ccccc3)(c3ccccc3)c3ccccc3)cc2)nc(-c2cccc(-c3ccccc3)c2)n1. The lowest BCUT2D eigenvalue weighted by atomic mass is 10.0. The van der Waals surface area contributed by atoms with Crippen molar-refractivity contribution in [3.05, 3.63) is 175 Å². The Morgan fingerprint density at radius 2 is 0.750 bits per heavy atom. The Kier molecular flexibility index (Phi) is 7.68. The summed E-state index contributed by atoms with van der Waals surface area (Å²) in [5.74, 6) is 1.09. The van der Waals surface area contributed by atoms with Gasteiger partial charge in [0.15, 0.2) is 19.7 Å². The molecule has 0 radical (unpaired) electrons. The van der Waals surface area contributed by atoms with Crippen LogP contribution in [-0.2, 0) is 0 Å². The van der Waals surface area contributed by atoms with Gasteiger partial charge >= 0.3 is 0 Å². The maximum Gasteiger partial charge on any atom is 0.226 e. The molecule has 1 aromatic heterocycles. The highest BCUT2D eigenvalue weighted by molar-refractivity contribution is 7.19. The lowest BCUT2D eigenvalue weighted by molar-refractivity contribution is 1.07. The van der Waals surface area contributed by atoms with Gasteiger partial charge in [-0.05, 0) is 49.5 Å². The van der Waals surface area contributed by atoms with Crippen molar-refractivity contribution in [3.63, 3.8) is 0 Å². The van der Waals surface area contributed by atoms with Crippen LogP contribution < -0.4 is 20.7 Å². The zero-order chi connectivity index (χ0) is 29.8.